The highest BCUT2D eigenvalue weighted by Crippen LogP contribution is 2.26. The Hall–Kier alpha value is -1.08. The number of carboxylic acids is 1. The number of aryl methyl sites for hydroxylation is 2. The van der Waals surface area contributed by atoms with E-state index in [1.807, 2.05) is 0 Å². The summed E-state index contributed by atoms with van der Waals surface area (Å²) in [6, 6.07) is 3.20. The molecule has 5 nitrogen and oxygen atoms in total. The maximum absolute atomic E-state index is 10.8. The fourth-order valence-corrected chi connectivity index (χ4v) is 1.68. The van der Waals surface area contributed by atoms with Crippen LogP contribution < -0.4 is 0 Å². The van der Waals surface area contributed by atoms with Gasteiger partial charge in [-0.3, -0.25) is 0 Å². The Morgan fingerprint density at radius 2 is 2.00 bits per heavy atom. The molecule has 0 amide bonds. The zero-order valence-corrected chi connectivity index (χ0v) is 9.00. The molecule has 0 saturated heterocycles. The van der Waals surface area contributed by atoms with E-state index in [4.69, 9.17) is 10.4 Å². The van der Waals surface area contributed by atoms with E-state index in [9.17, 15) is 4.79 Å². The van der Waals surface area contributed by atoms with E-state index in [0.29, 0.717) is 10.5 Å². The average molecular weight is 230 g/mol. The molecule has 0 saturated carbocycles. The van der Waals surface area contributed by atoms with Crippen LogP contribution in [0.5, 0.6) is 0 Å². The first-order valence-electron chi connectivity index (χ1n) is 4.05. The van der Waals surface area contributed by atoms with Crippen LogP contribution in [-0.2, 0) is 9.37 Å². The van der Waals surface area contributed by atoms with Crippen LogP contribution in [0.25, 0.3) is 0 Å². The van der Waals surface area contributed by atoms with Gasteiger partial charge < -0.3 is 5.11 Å². The third kappa shape index (κ3) is 2.93. The predicted octanol–water partition coefficient (Wildman–Crippen LogP) is 2.43. The monoisotopic (exact) mass is 230 g/mol. The third-order valence-electron chi connectivity index (χ3n) is 1.91. The van der Waals surface area contributed by atoms with E-state index < -0.39 is 5.97 Å². The van der Waals surface area contributed by atoms with Gasteiger partial charge in [0.25, 0.3) is 0 Å². The standard InChI is InChI=1S/C9H10O5S/c1-5-4-8(15-14-13-12)6(2)3-7(5)9(10)11/h3-4,12H,1-2H3,(H,10,11). The van der Waals surface area contributed by atoms with Crippen LogP contribution in [0.3, 0.4) is 0 Å². The summed E-state index contributed by atoms with van der Waals surface area (Å²) in [5.41, 5.74) is 1.61. The Morgan fingerprint density at radius 3 is 2.53 bits per heavy atom. The molecule has 0 aliphatic rings. The lowest BCUT2D eigenvalue weighted by Crippen LogP contribution is -2.01. The van der Waals surface area contributed by atoms with Crippen LogP contribution in [-0.4, -0.2) is 16.3 Å². The van der Waals surface area contributed by atoms with Gasteiger partial charge in [0, 0.05) is 4.90 Å². The van der Waals surface area contributed by atoms with Crippen molar-refractivity contribution in [2.45, 2.75) is 18.7 Å². The molecule has 15 heavy (non-hydrogen) atoms. The highest BCUT2D eigenvalue weighted by Gasteiger charge is 2.11. The highest BCUT2D eigenvalue weighted by atomic mass is 32.2. The second-order valence-electron chi connectivity index (χ2n) is 2.96. The van der Waals surface area contributed by atoms with E-state index >= 15 is 0 Å². The number of carboxylic acid groups (broad SMARTS) is 1. The molecule has 0 spiro atoms. The molecule has 0 atom stereocenters. The lowest BCUT2D eigenvalue weighted by molar-refractivity contribution is -0.432. The van der Waals surface area contributed by atoms with Crippen LogP contribution in [0.4, 0.5) is 0 Å². The Kier molecular flexibility index (Phi) is 4.10. The molecule has 0 heterocycles. The topological polar surface area (TPSA) is 76.0 Å². The maximum Gasteiger partial charge on any atom is 0.335 e. The summed E-state index contributed by atoms with van der Waals surface area (Å²) in [6.07, 6.45) is 0. The van der Waals surface area contributed by atoms with Crippen LogP contribution in [0.1, 0.15) is 21.5 Å². The Bertz CT molecular complexity index is 377. The van der Waals surface area contributed by atoms with Gasteiger partial charge in [-0.15, -0.1) is 4.33 Å². The first-order chi connectivity index (χ1) is 7.06. The Labute approximate surface area is 90.7 Å². The molecular formula is C9H10O5S. The smallest absolute Gasteiger partial charge is 0.335 e. The van der Waals surface area contributed by atoms with Crippen molar-refractivity contribution < 1.29 is 24.5 Å². The van der Waals surface area contributed by atoms with Crippen molar-refractivity contribution >= 4 is 18.0 Å². The summed E-state index contributed by atoms with van der Waals surface area (Å²) in [7, 11) is 0. The number of hydrogen-bond acceptors (Lipinski definition) is 5. The first-order valence-corrected chi connectivity index (χ1v) is 4.79. The molecule has 0 aliphatic carbocycles. The van der Waals surface area contributed by atoms with Crippen LogP contribution in [0.15, 0.2) is 17.0 Å². The van der Waals surface area contributed by atoms with Crippen molar-refractivity contribution in [2.75, 3.05) is 0 Å². The number of aromatic carboxylic acids is 1. The summed E-state index contributed by atoms with van der Waals surface area (Å²) >= 11 is 0.816. The van der Waals surface area contributed by atoms with Crippen molar-refractivity contribution in [1.29, 1.82) is 0 Å². The molecular weight excluding hydrogens is 220 g/mol. The number of rotatable bonds is 4. The van der Waals surface area contributed by atoms with Crippen molar-refractivity contribution in [1.82, 2.24) is 0 Å². The first kappa shape index (κ1) is 12.0. The Balaban J connectivity index is 3.02. The van der Waals surface area contributed by atoms with Crippen LogP contribution >= 0.6 is 12.0 Å². The number of carbonyl (C=O) groups is 1. The van der Waals surface area contributed by atoms with Gasteiger partial charge in [0.2, 0.25) is 0 Å². The molecule has 0 fully saturated rings. The van der Waals surface area contributed by atoms with Crippen LogP contribution in [0, 0.1) is 13.8 Å². The molecule has 2 N–H and O–H groups in total. The average Bonchev–Trinajstić information content (AvgIpc) is 2.18. The highest BCUT2D eigenvalue weighted by molar-refractivity contribution is 7.94. The molecule has 1 aromatic carbocycles. The molecule has 1 rings (SSSR count). The minimum atomic E-state index is -0.966. The van der Waals surface area contributed by atoms with Gasteiger partial charge in [0.15, 0.2) is 0 Å². The second-order valence-corrected chi connectivity index (χ2v) is 3.71. The lowest BCUT2D eigenvalue weighted by Gasteiger charge is -2.07. The largest absolute Gasteiger partial charge is 0.478 e. The fourth-order valence-electron chi connectivity index (χ4n) is 1.16. The summed E-state index contributed by atoms with van der Waals surface area (Å²) in [5, 5.41) is 20.3. The number of hydrogen-bond donors (Lipinski definition) is 2. The van der Waals surface area contributed by atoms with E-state index in [-0.39, 0.29) is 5.56 Å². The minimum absolute atomic E-state index is 0.252. The number of benzene rings is 1. The van der Waals surface area contributed by atoms with Gasteiger partial charge in [0.05, 0.1) is 17.6 Å². The minimum Gasteiger partial charge on any atom is -0.478 e. The molecule has 1 aromatic rings. The summed E-state index contributed by atoms with van der Waals surface area (Å²) < 4.78 is 4.28. The van der Waals surface area contributed by atoms with Gasteiger partial charge >= 0.3 is 5.97 Å². The van der Waals surface area contributed by atoms with Crippen LogP contribution in [0.2, 0.25) is 0 Å². The van der Waals surface area contributed by atoms with Gasteiger partial charge in [-0.1, -0.05) is 5.04 Å². The molecule has 0 aliphatic heterocycles. The van der Waals surface area contributed by atoms with Crippen molar-refractivity contribution in [3.63, 3.8) is 0 Å². The molecule has 0 bridgehead atoms. The zero-order chi connectivity index (χ0) is 11.4. The molecule has 82 valence electrons. The van der Waals surface area contributed by atoms with Gasteiger partial charge in [0.1, 0.15) is 0 Å². The maximum atomic E-state index is 10.8. The summed E-state index contributed by atoms with van der Waals surface area (Å²) in [4.78, 5) is 11.5. The molecule has 0 radical (unpaired) electrons. The van der Waals surface area contributed by atoms with E-state index in [1.165, 1.54) is 0 Å². The van der Waals surface area contributed by atoms with Gasteiger partial charge in [-0.25, -0.2) is 10.1 Å². The predicted molar refractivity (Wildman–Crippen MR) is 53.5 cm³/mol. The van der Waals surface area contributed by atoms with Gasteiger partial charge in [-0.2, -0.15) is 0 Å². The zero-order valence-electron chi connectivity index (χ0n) is 8.18. The molecule has 6 heteroatoms. The SMILES string of the molecule is Cc1cc(C(=O)O)c(C)cc1SOOO. The quantitative estimate of drug-likeness (QED) is 0.470. The van der Waals surface area contributed by atoms with Crippen molar-refractivity contribution in [2.24, 2.45) is 0 Å². The second kappa shape index (κ2) is 5.13. The van der Waals surface area contributed by atoms with Crippen molar-refractivity contribution in [3.8, 4) is 0 Å². The van der Waals surface area contributed by atoms with E-state index in [2.05, 4.69) is 9.37 Å². The summed E-state index contributed by atoms with van der Waals surface area (Å²) in [5.74, 6) is -0.966. The fraction of sp³-hybridized carbons (Fsp3) is 0.222. The third-order valence-corrected chi connectivity index (χ3v) is 2.65. The molecule has 0 unspecified atom stereocenters. The summed E-state index contributed by atoms with van der Waals surface area (Å²) in [6.45, 7) is 3.43. The molecule has 0 aromatic heterocycles. The van der Waals surface area contributed by atoms with Crippen molar-refractivity contribution in [3.05, 3.63) is 28.8 Å². The lowest BCUT2D eigenvalue weighted by atomic mass is 10.1. The van der Waals surface area contributed by atoms with E-state index in [0.717, 1.165) is 17.6 Å². The Morgan fingerprint density at radius 1 is 1.33 bits per heavy atom. The van der Waals surface area contributed by atoms with Gasteiger partial charge in [-0.05, 0) is 37.1 Å². The normalized spacial score (nSPS) is 10.3. The van der Waals surface area contributed by atoms with E-state index in [1.54, 1.807) is 26.0 Å².